The number of rotatable bonds is 3. The number of hydrogen-bond donors (Lipinski definition) is 1. The van der Waals surface area contributed by atoms with Crippen molar-refractivity contribution >= 4 is 11.6 Å². The molecule has 86 valence electrons. The van der Waals surface area contributed by atoms with Crippen LogP contribution in [-0.4, -0.2) is 26.5 Å². The van der Waals surface area contributed by atoms with E-state index in [1.807, 2.05) is 13.1 Å². The smallest absolute Gasteiger partial charge is 0.240 e. The lowest BCUT2D eigenvalue weighted by atomic mass is 10.1. The summed E-state index contributed by atoms with van der Waals surface area (Å²) in [6, 6.07) is 6.34. The molecular weight excluding hydrogens is 200 g/mol. The van der Waals surface area contributed by atoms with Crippen LogP contribution in [-0.2, 0) is 17.6 Å². The van der Waals surface area contributed by atoms with Crippen LogP contribution in [0.2, 0.25) is 0 Å². The molecule has 1 amide bonds. The van der Waals surface area contributed by atoms with Gasteiger partial charge in [-0.2, -0.15) is 0 Å². The minimum absolute atomic E-state index is 0.0976. The number of carbonyl (C=O) groups is 1. The van der Waals surface area contributed by atoms with Crippen molar-refractivity contribution in [2.24, 2.45) is 0 Å². The van der Waals surface area contributed by atoms with Gasteiger partial charge in [0.25, 0.3) is 0 Å². The molecule has 0 radical (unpaired) electrons. The summed E-state index contributed by atoms with van der Waals surface area (Å²) in [6.45, 7) is 0.383. The molecule has 0 unspecified atom stereocenters. The summed E-state index contributed by atoms with van der Waals surface area (Å²) in [7, 11) is 3.62. The van der Waals surface area contributed by atoms with Gasteiger partial charge in [-0.3, -0.25) is 4.79 Å². The van der Waals surface area contributed by atoms with Gasteiger partial charge in [0.15, 0.2) is 0 Å². The maximum Gasteiger partial charge on any atom is 0.240 e. The molecule has 0 spiro atoms. The van der Waals surface area contributed by atoms with Crippen molar-refractivity contribution in [1.29, 1.82) is 0 Å². The molecule has 1 aliphatic carbocycles. The minimum Gasteiger partial charge on any atom is -0.314 e. The Hall–Kier alpha value is -1.35. The summed E-state index contributed by atoms with van der Waals surface area (Å²) in [5, 5.41) is 2.88. The normalized spacial score (nSPS) is 13.6. The van der Waals surface area contributed by atoms with Crippen LogP contribution >= 0.6 is 0 Å². The molecule has 3 nitrogen and oxygen atoms in total. The summed E-state index contributed by atoms with van der Waals surface area (Å²) in [5.74, 6) is 0.0976. The van der Waals surface area contributed by atoms with Crippen LogP contribution < -0.4 is 10.2 Å². The predicted molar refractivity (Wildman–Crippen MR) is 65.8 cm³/mol. The van der Waals surface area contributed by atoms with Gasteiger partial charge in [-0.1, -0.05) is 6.07 Å². The average Bonchev–Trinajstić information content (AvgIpc) is 2.75. The van der Waals surface area contributed by atoms with E-state index in [1.54, 1.807) is 11.9 Å². The van der Waals surface area contributed by atoms with E-state index in [9.17, 15) is 4.79 Å². The van der Waals surface area contributed by atoms with E-state index >= 15 is 0 Å². The van der Waals surface area contributed by atoms with Crippen molar-refractivity contribution in [3.8, 4) is 0 Å². The highest BCUT2D eigenvalue weighted by Gasteiger charge is 2.14. The van der Waals surface area contributed by atoms with Crippen molar-refractivity contribution in [3.63, 3.8) is 0 Å². The van der Waals surface area contributed by atoms with E-state index in [0.29, 0.717) is 6.54 Å². The van der Waals surface area contributed by atoms with Crippen LogP contribution in [0.15, 0.2) is 18.2 Å². The Labute approximate surface area is 96.5 Å². The summed E-state index contributed by atoms with van der Waals surface area (Å²) in [4.78, 5) is 13.4. The van der Waals surface area contributed by atoms with E-state index < -0.39 is 0 Å². The Bertz CT molecular complexity index is 401. The molecule has 1 aromatic rings. The first kappa shape index (κ1) is 11.1. The average molecular weight is 218 g/mol. The van der Waals surface area contributed by atoms with Crippen molar-refractivity contribution in [1.82, 2.24) is 5.32 Å². The van der Waals surface area contributed by atoms with Crippen molar-refractivity contribution in [2.75, 3.05) is 25.5 Å². The van der Waals surface area contributed by atoms with Gasteiger partial charge in [0, 0.05) is 12.7 Å². The molecule has 0 heterocycles. The molecule has 1 N–H and O–H groups in total. The Morgan fingerprint density at radius 3 is 2.88 bits per heavy atom. The van der Waals surface area contributed by atoms with Gasteiger partial charge in [0.05, 0.1) is 6.54 Å². The first-order valence-corrected chi connectivity index (χ1v) is 5.75. The Morgan fingerprint density at radius 2 is 2.12 bits per heavy atom. The number of amides is 1. The number of nitrogens with zero attached hydrogens (tertiary/aromatic N) is 1. The Kier molecular flexibility index (Phi) is 3.25. The first-order chi connectivity index (χ1) is 7.72. The number of likely N-dealkylation sites (N-methyl/N-ethyl adjacent to an activating group) is 2. The number of carbonyl (C=O) groups excluding carboxylic acids is 1. The van der Waals surface area contributed by atoms with E-state index in [1.165, 1.54) is 24.0 Å². The lowest BCUT2D eigenvalue weighted by Crippen LogP contribution is -2.34. The summed E-state index contributed by atoms with van der Waals surface area (Å²) >= 11 is 0. The second-order valence-corrected chi connectivity index (χ2v) is 4.29. The van der Waals surface area contributed by atoms with Crippen LogP contribution in [0, 0.1) is 0 Å². The molecule has 3 heteroatoms. The summed E-state index contributed by atoms with van der Waals surface area (Å²) < 4.78 is 0. The molecule has 0 atom stereocenters. The highest BCUT2D eigenvalue weighted by atomic mass is 16.2. The lowest BCUT2D eigenvalue weighted by molar-refractivity contribution is -0.117. The number of fused-ring (bicyclic) bond motifs is 1. The third kappa shape index (κ3) is 2.09. The minimum atomic E-state index is 0.0976. The molecule has 0 aromatic heterocycles. The van der Waals surface area contributed by atoms with Gasteiger partial charge in [-0.05, 0) is 49.6 Å². The fourth-order valence-electron chi connectivity index (χ4n) is 2.18. The Morgan fingerprint density at radius 1 is 1.38 bits per heavy atom. The molecule has 16 heavy (non-hydrogen) atoms. The molecule has 0 saturated heterocycles. The summed E-state index contributed by atoms with van der Waals surface area (Å²) in [5.41, 5.74) is 3.85. The van der Waals surface area contributed by atoms with E-state index in [4.69, 9.17) is 0 Å². The van der Waals surface area contributed by atoms with E-state index in [2.05, 4.69) is 17.4 Å². The third-order valence-electron chi connectivity index (χ3n) is 3.17. The summed E-state index contributed by atoms with van der Waals surface area (Å²) in [6.07, 6.45) is 3.58. The van der Waals surface area contributed by atoms with Crippen LogP contribution in [0.4, 0.5) is 5.69 Å². The van der Waals surface area contributed by atoms with Gasteiger partial charge in [0.1, 0.15) is 0 Å². The van der Waals surface area contributed by atoms with Crippen LogP contribution in [0.1, 0.15) is 17.5 Å². The molecule has 0 bridgehead atoms. The fourth-order valence-corrected chi connectivity index (χ4v) is 2.18. The van der Waals surface area contributed by atoms with Gasteiger partial charge in [0.2, 0.25) is 5.91 Å². The molecule has 0 saturated carbocycles. The van der Waals surface area contributed by atoms with Crippen molar-refractivity contribution in [2.45, 2.75) is 19.3 Å². The monoisotopic (exact) mass is 218 g/mol. The number of hydrogen-bond acceptors (Lipinski definition) is 2. The number of nitrogens with one attached hydrogen (secondary N) is 1. The standard InChI is InChI=1S/C13H18N2O/c1-14-9-13(16)15(2)12-7-6-10-4-3-5-11(10)8-12/h6-8,14H,3-5,9H2,1-2H3. The maximum atomic E-state index is 11.7. The molecular formula is C13H18N2O. The Balaban J connectivity index is 2.18. The van der Waals surface area contributed by atoms with Crippen LogP contribution in [0.5, 0.6) is 0 Å². The van der Waals surface area contributed by atoms with E-state index in [-0.39, 0.29) is 5.91 Å². The van der Waals surface area contributed by atoms with Crippen molar-refractivity contribution in [3.05, 3.63) is 29.3 Å². The van der Waals surface area contributed by atoms with E-state index in [0.717, 1.165) is 12.1 Å². The van der Waals surface area contributed by atoms with Crippen LogP contribution in [0.3, 0.4) is 0 Å². The predicted octanol–water partition coefficient (Wildman–Crippen LogP) is 1.36. The fraction of sp³-hybridized carbons (Fsp3) is 0.462. The zero-order valence-electron chi connectivity index (χ0n) is 9.92. The lowest BCUT2D eigenvalue weighted by Gasteiger charge is -2.18. The SMILES string of the molecule is CNCC(=O)N(C)c1ccc2c(c1)CCC2. The van der Waals surface area contributed by atoms with Gasteiger partial charge < -0.3 is 10.2 Å². The van der Waals surface area contributed by atoms with Gasteiger partial charge >= 0.3 is 0 Å². The van der Waals surface area contributed by atoms with Gasteiger partial charge in [-0.15, -0.1) is 0 Å². The quantitative estimate of drug-likeness (QED) is 0.830. The van der Waals surface area contributed by atoms with Crippen LogP contribution in [0.25, 0.3) is 0 Å². The van der Waals surface area contributed by atoms with Crippen molar-refractivity contribution < 1.29 is 4.79 Å². The maximum absolute atomic E-state index is 11.7. The largest absolute Gasteiger partial charge is 0.314 e. The molecule has 0 fully saturated rings. The molecule has 1 aromatic carbocycles. The number of anilines is 1. The number of benzene rings is 1. The molecule has 2 rings (SSSR count). The third-order valence-corrected chi connectivity index (χ3v) is 3.17. The van der Waals surface area contributed by atoms with Gasteiger partial charge in [-0.25, -0.2) is 0 Å². The number of aryl methyl sites for hydroxylation is 2. The topological polar surface area (TPSA) is 32.3 Å². The zero-order chi connectivity index (χ0) is 11.5. The second-order valence-electron chi connectivity index (χ2n) is 4.29. The molecule has 1 aliphatic rings. The highest BCUT2D eigenvalue weighted by Crippen LogP contribution is 2.26. The second kappa shape index (κ2) is 4.66. The highest BCUT2D eigenvalue weighted by molar-refractivity contribution is 5.94. The first-order valence-electron chi connectivity index (χ1n) is 5.75. The molecule has 0 aliphatic heterocycles. The zero-order valence-corrected chi connectivity index (χ0v) is 9.92.